The number of aliphatic hydroxyl groups excluding tert-OH is 1. The minimum Gasteiger partial charge on any atom is -0.388 e. The zero-order chi connectivity index (χ0) is 34.3. The predicted molar refractivity (Wildman–Crippen MR) is 173 cm³/mol. The van der Waals surface area contributed by atoms with Crippen molar-refractivity contribution >= 4 is 11.9 Å². The molecule has 13 unspecified atom stereocenters. The lowest BCUT2D eigenvalue weighted by molar-refractivity contribution is -0.167. The number of rotatable bonds is 6. The number of urea groups is 1. The van der Waals surface area contributed by atoms with Crippen molar-refractivity contribution in [3.63, 3.8) is 0 Å². The van der Waals surface area contributed by atoms with Crippen LogP contribution in [0.25, 0.3) is 0 Å². The van der Waals surface area contributed by atoms with Gasteiger partial charge in [0.15, 0.2) is 0 Å². The summed E-state index contributed by atoms with van der Waals surface area (Å²) in [5.41, 5.74) is 0. The Morgan fingerprint density at radius 2 is 1.96 bits per heavy atom. The minimum atomic E-state index is -1.41. The highest BCUT2D eigenvalue weighted by molar-refractivity contribution is 5.87. The molecule has 14 atom stereocenters. The number of carbonyl (C=O) groups excluding carboxylic acids is 2. The van der Waals surface area contributed by atoms with Gasteiger partial charge >= 0.3 is 6.03 Å². The summed E-state index contributed by atoms with van der Waals surface area (Å²) in [4.78, 5) is 32.7. The number of piperazine rings is 1. The van der Waals surface area contributed by atoms with Crippen molar-refractivity contribution in [1.29, 1.82) is 0 Å². The van der Waals surface area contributed by atoms with Crippen LogP contribution in [0.4, 0.5) is 18.0 Å². The molecule has 3 amide bonds. The maximum Gasteiger partial charge on any atom is 0.320 e. The van der Waals surface area contributed by atoms with E-state index in [0.717, 1.165) is 0 Å². The molecule has 1 saturated carbocycles. The van der Waals surface area contributed by atoms with Crippen molar-refractivity contribution in [3.05, 3.63) is 12.7 Å². The van der Waals surface area contributed by atoms with Gasteiger partial charge in [-0.15, -0.1) is 0 Å². The predicted octanol–water partition coefficient (Wildman–Crippen LogP) is 1.95. The van der Waals surface area contributed by atoms with Crippen molar-refractivity contribution in [2.75, 3.05) is 46.1 Å². The first-order valence-corrected chi connectivity index (χ1v) is 18.1. The number of ether oxygens (including phenoxy) is 2. The molecule has 6 aliphatic rings. The average molecular weight is 685 g/mol. The van der Waals surface area contributed by atoms with E-state index in [1.165, 1.54) is 6.08 Å². The van der Waals surface area contributed by atoms with Gasteiger partial charge in [-0.2, -0.15) is 0 Å². The molecule has 5 heterocycles. The first kappa shape index (κ1) is 35.8. The zero-order valence-electron chi connectivity index (χ0n) is 28.5. The van der Waals surface area contributed by atoms with E-state index in [1.807, 2.05) is 6.92 Å². The number of halogens is 3. The standard InChI is InChI=1S/C34H55F3N6O5/c1-5-26(45)41-12-13-42(19(4)16-41)32-21-15-23(37)29-27-22(36)7-6-8-25(27)48-17-24(44)31(47-14-10-35)20-9-11-38-28(18(2)3)30(20)43(33(21)39-29)34(46)40-32/h5,18-25,27-33,38-39,44H,1,6-17H2,2-4H3,(H,40,46)/t19-,20?,21?,22?,23?,24?,25?,27?,28?,29?,30?,31?,32?,33?/m0/s1. The van der Waals surface area contributed by atoms with Gasteiger partial charge in [0, 0.05) is 55.5 Å². The molecule has 5 saturated heterocycles. The van der Waals surface area contributed by atoms with Crippen LogP contribution in [-0.4, -0.2) is 145 Å². The third-order valence-corrected chi connectivity index (χ3v) is 12.0. The van der Waals surface area contributed by atoms with Crippen molar-refractivity contribution < 1.29 is 37.3 Å². The quantitative estimate of drug-likeness (QED) is 0.314. The first-order valence-electron chi connectivity index (χ1n) is 18.1. The molecule has 0 radical (unpaired) electrons. The van der Waals surface area contributed by atoms with Crippen LogP contribution in [0.2, 0.25) is 0 Å². The van der Waals surface area contributed by atoms with Gasteiger partial charge in [0.2, 0.25) is 5.91 Å². The van der Waals surface area contributed by atoms with Crippen LogP contribution in [0.1, 0.15) is 52.9 Å². The molecule has 11 nitrogen and oxygen atoms in total. The SMILES string of the molecule is C=CC(=O)N1CCN(C2NC(=O)N3C4NC(C(F)CC42)C2C(F)CCCC2OCC(O)C(OCCF)C2CCNC(C(C)C)C23)[C@@H](C)C1. The number of nitrogens with one attached hydrogen (secondary N) is 3. The smallest absolute Gasteiger partial charge is 0.320 e. The van der Waals surface area contributed by atoms with Crippen LogP contribution in [0.15, 0.2) is 12.7 Å². The van der Waals surface area contributed by atoms with E-state index in [2.05, 4.69) is 41.3 Å². The van der Waals surface area contributed by atoms with Crippen molar-refractivity contribution in [1.82, 2.24) is 30.7 Å². The van der Waals surface area contributed by atoms with Crippen molar-refractivity contribution in [3.8, 4) is 0 Å². The number of aliphatic hydroxyl groups is 1. The van der Waals surface area contributed by atoms with E-state index in [0.29, 0.717) is 45.4 Å². The van der Waals surface area contributed by atoms with Gasteiger partial charge in [0.05, 0.1) is 43.8 Å². The lowest BCUT2D eigenvalue weighted by atomic mass is 9.71. The van der Waals surface area contributed by atoms with Crippen LogP contribution < -0.4 is 16.0 Å². The highest BCUT2D eigenvalue weighted by Gasteiger charge is 2.59. The lowest BCUT2D eigenvalue weighted by Crippen LogP contribution is -2.80. The summed E-state index contributed by atoms with van der Waals surface area (Å²) >= 11 is 0. The molecule has 6 rings (SSSR count). The molecule has 0 aromatic rings. The summed E-state index contributed by atoms with van der Waals surface area (Å²) in [6.45, 7) is 10.6. The Kier molecular flexibility index (Phi) is 11.3. The maximum absolute atomic E-state index is 16.7. The lowest BCUT2D eigenvalue weighted by Gasteiger charge is -2.61. The van der Waals surface area contributed by atoms with Gasteiger partial charge in [-0.3, -0.25) is 15.0 Å². The summed E-state index contributed by atoms with van der Waals surface area (Å²) in [6, 6.07) is -2.10. The first-order chi connectivity index (χ1) is 23.0. The molecular weight excluding hydrogens is 629 g/mol. The van der Waals surface area contributed by atoms with Crippen LogP contribution in [0.5, 0.6) is 0 Å². The van der Waals surface area contributed by atoms with E-state index in [-0.39, 0.29) is 56.0 Å². The second-order valence-electron chi connectivity index (χ2n) is 15.1. The number of amides is 3. The third kappa shape index (κ3) is 6.73. The highest BCUT2D eigenvalue weighted by Crippen LogP contribution is 2.44. The molecule has 1 aliphatic carbocycles. The van der Waals surface area contributed by atoms with Crippen molar-refractivity contribution in [2.45, 2.75) is 120 Å². The summed E-state index contributed by atoms with van der Waals surface area (Å²) in [5, 5.41) is 22.0. The largest absolute Gasteiger partial charge is 0.388 e. The summed E-state index contributed by atoms with van der Waals surface area (Å²) in [6.07, 6.45) is -3.23. The highest BCUT2D eigenvalue weighted by atomic mass is 19.1. The van der Waals surface area contributed by atoms with Crippen LogP contribution in [-0.2, 0) is 14.3 Å². The molecular formula is C34H55F3N6O5. The van der Waals surface area contributed by atoms with E-state index < -0.39 is 79.5 Å². The molecule has 0 aromatic carbocycles. The molecule has 2 bridgehead atoms. The Morgan fingerprint density at radius 3 is 2.67 bits per heavy atom. The Bertz CT molecular complexity index is 1160. The molecule has 14 heteroatoms. The average Bonchev–Trinajstić information content (AvgIpc) is 3.06. The minimum absolute atomic E-state index is 0.0617. The number of alkyl halides is 3. The number of piperidine rings is 2. The van der Waals surface area contributed by atoms with E-state index in [4.69, 9.17) is 9.47 Å². The topological polar surface area (TPSA) is 119 Å². The summed E-state index contributed by atoms with van der Waals surface area (Å²) < 4.78 is 58.5. The fraction of sp³-hybridized carbons (Fsp3) is 0.882. The van der Waals surface area contributed by atoms with Crippen LogP contribution in [0, 0.1) is 23.7 Å². The van der Waals surface area contributed by atoms with Gasteiger partial charge < -0.3 is 35.0 Å². The molecule has 0 spiro atoms. The fourth-order valence-electron chi connectivity index (χ4n) is 9.84. The summed E-state index contributed by atoms with van der Waals surface area (Å²) in [7, 11) is 0. The van der Waals surface area contributed by atoms with Crippen LogP contribution >= 0.6 is 0 Å². The Morgan fingerprint density at radius 1 is 1.17 bits per heavy atom. The van der Waals surface area contributed by atoms with Gasteiger partial charge in [-0.1, -0.05) is 20.4 Å². The van der Waals surface area contributed by atoms with E-state index in [1.54, 1.807) is 9.80 Å². The Hall–Kier alpha value is -1.97. The zero-order valence-corrected chi connectivity index (χ0v) is 28.5. The normalized spacial score (nSPS) is 44.1. The van der Waals surface area contributed by atoms with Crippen LogP contribution in [0.3, 0.4) is 0 Å². The molecule has 272 valence electrons. The number of nitrogens with zero attached hydrogens (tertiary/aromatic N) is 3. The van der Waals surface area contributed by atoms with E-state index >= 15 is 8.78 Å². The number of fused-ring (bicyclic) bond motifs is 5. The third-order valence-electron chi connectivity index (χ3n) is 12.0. The molecule has 48 heavy (non-hydrogen) atoms. The van der Waals surface area contributed by atoms with Gasteiger partial charge in [0.1, 0.15) is 25.1 Å². The second-order valence-corrected chi connectivity index (χ2v) is 15.1. The van der Waals surface area contributed by atoms with Crippen molar-refractivity contribution in [2.24, 2.45) is 23.7 Å². The van der Waals surface area contributed by atoms with Gasteiger partial charge in [-0.25, -0.2) is 18.0 Å². The van der Waals surface area contributed by atoms with E-state index in [9.17, 15) is 19.1 Å². The van der Waals surface area contributed by atoms with Gasteiger partial charge in [0.25, 0.3) is 0 Å². The molecule has 6 fully saturated rings. The maximum atomic E-state index is 16.7. The molecule has 0 aromatic heterocycles. The number of hydrogen-bond donors (Lipinski definition) is 4. The molecule has 4 N–H and O–H groups in total. The van der Waals surface area contributed by atoms with Gasteiger partial charge in [-0.05, 0) is 57.6 Å². The Balaban J connectivity index is 1.43. The number of carbonyl (C=O) groups is 2. The second kappa shape index (κ2) is 15.1. The summed E-state index contributed by atoms with van der Waals surface area (Å²) in [5.74, 6) is -1.72. The number of hydrogen-bond acceptors (Lipinski definition) is 8. The monoisotopic (exact) mass is 684 g/mol. The molecule has 5 aliphatic heterocycles. The fourth-order valence-corrected chi connectivity index (χ4v) is 9.84. The Labute approximate surface area is 282 Å².